The zero-order valence-electron chi connectivity index (χ0n) is 8.61. The van der Waals surface area contributed by atoms with Crippen molar-refractivity contribution in [3.8, 4) is 0 Å². The number of carbonyl (C=O) groups is 2. The molecule has 0 rings (SSSR count). The Bertz CT molecular complexity index is 197. The standard InChI is InChI=1S/C11H18O3/c1-2-10(11(13)14)8-6-4-3-5-7-9-12/h5,7,9-10H,2-4,6,8H2,1H3,(H,13,14)/b7-5+. The van der Waals surface area contributed by atoms with Gasteiger partial charge in [-0.2, -0.15) is 0 Å². The molecule has 0 saturated carbocycles. The first-order valence-electron chi connectivity index (χ1n) is 5.05. The lowest BCUT2D eigenvalue weighted by Crippen LogP contribution is -2.12. The molecule has 0 aliphatic heterocycles. The Kier molecular flexibility index (Phi) is 7.80. The fraction of sp³-hybridized carbons (Fsp3) is 0.636. The van der Waals surface area contributed by atoms with Crippen LogP contribution in [0.4, 0.5) is 0 Å². The highest BCUT2D eigenvalue weighted by Crippen LogP contribution is 2.13. The Hall–Kier alpha value is -1.12. The summed E-state index contributed by atoms with van der Waals surface area (Å²) in [7, 11) is 0. The van der Waals surface area contributed by atoms with Crippen LogP contribution in [0.1, 0.15) is 39.0 Å². The van der Waals surface area contributed by atoms with Crippen molar-refractivity contribution in [2.45, 2.75) is 39.0 Å². The molecule has 3 nitrogen and oxygen atoms in total. The molecule has 1 unspecified atom stereocenters. The molecule has 0 heterocycles. The fourth-order valence-corrected chi connectivity index (χ4v) is 1.31. The highest BCUT2D eigenvalue weighted by molar-refractivity contribution is 5.69. The first-order valence-corrected chi connectivity index (χ1v) is 5.05. The van der Waals surface area contributed by atoms with Crippen molar-refractivity contribution < 1.29 is 14.7 Å². The van der Waals surface area contributed by atoms with E-state index >= 15 is 0 Å². The summed E-state index contributed by atoms with van der Waals surface area (Å²) in [5, 5.41) is 8.75. The quantitative estimate of drug-likeness (QED) is 0.370. The molecule has 0 aromatic heterocycles. The average molecular weight is 198 g/mol. The van der Waals surface area contributed by atoms with Crippen LogP contribution in [-0.2, 0) is 9.59 Å². The monoisotopic (exact) mass is 198 g/mol. The average Bonchev–Trinajstić information content (AvgIpc) is 2.16. The molecule has 0 aliphatic rings. The van der Waals surface area contributed by atoms with Crippen molar-refractivity contribution in [3.63, 3.8) is 0 Å². The van der Waals surface area contributed by atoms with Crippen molar-refractivity contribution in [1.82, 2.24) is 0 Å². The maximum absolute atomic E-state index is 10.6. The molecule has 0 spiro atoms. The van der Waals surface area contributed by atoms with Crippen molar-refractivity contribution in [2.24, 2.45) is 5.92 Å². The Balaban J connectivity index is 3.47. The van der Waals surface area contributed by atoms with Gasteiger partial charge in [0.25, 0.3) is 0 Å². The first kappa shape index (κ1) is 12.9. The largest absolute Gasteiger partial charge is 0.481 e. The Morgan fingerprint density at radius 3 is 2.64 bits per heavy atom. The zero-order valence-corrected chi connectivity index (χ0v) is 8.61. The molecule has 0 bridgehead atoms. The van der Waals surface area contributed by atoms with E-state index in [4.69, 9.17) is 5.11 Å². The summed E-state index contributed by atoms with van der Waals surface area (Å²) >= 11 is 0. The van der Waals surface area contributed by atoms with Crippen LogP contribution in [0, 0.1) is 5.92 Å². The smallest absolute Gasteiger partial charge is 0.306 e. The maximum Gasteiger partial charge on any atom is 0.306 e. The van der Waals surface area contributed by atoms with Gasteiger partial charge in [-0.3, -0.25) is 9.59 Å². The van der Waals surface area contributed by atoms with E-state index in [2.05, 4.69) is 0 Å². The van der Waals surface area contributed by atoms with Crippen molar-refractivity contribution in [3.05, 3.63) is 12.2 Å². The summed E-state index contributed by atoms with van der Waals surface area (Å²) < 4.78 is 0. The predicted octanol–water partition coefficient (Wildman–Crippen LogP) is 2.41. The number of hydrogen-bond acceptors (Lipinski definition) is 2. The number of unbranched alkanes of at least 4 members (excludes halogenated alkanes) is 2. The number of hydrogen-bond donors (Lipinski definition) is 1. The fourth-order valence-electron chi connectivity index (χ4n) is 1.31. The zero-order chi connectivity index (χ0) is 10.8. The number of aliphatic carboxylic acids is 1. The van der Waals surface area contributed by atoms with Crippen LogP contribution in [0.5, 0.6) is 0 Å². The minimum atomic E-state index is -0.698. The molecule has 0 fully saturated rings. The summed E-state index contributed by atoms with van der Waals surface area (Å²) in [5.41, 5.74) is 0. The normalized spacial score (nSPS) is 12.9. The molecular weight excluding hydrogens is 180 g/mol. The van der Waals surface area contributed by atoms with E-state index in [0.717, 1.165) is 32.0 Å². The molecule has 80 valence electrons. The predicted molar refractivity (Wildman–Crippen MR) is 55.1 cm³/mol. The topological polar surface area (TPSA) is 54.4 Å². The third kappa shape index (κ3) is 6.40. The maximum atomic E-state index is 10.6. The Morgan fingerprint density at radius 1 is 1.43 bits per heavy atom. The third-order valence-electron chi connectivity index (χ3n) is 2.23. The molecule has 14 heavy (non-hydrogen) atoms. The first-order chi connectivity index (χ1) is 6.72. The molecule has 0 aromatic carbocycles. The van der Waals surface area contributed by atoms with E-state index < -0.39 is 5.97 Å². The van der Waals surface area contributed by atoms with Gasteiger partial charge in [-0.1, -0.05) is 19.4 Å². The summed E-state index contributed by atoms with van der Waals surface area (Å²) in [5.74, 6) is -0.902. The summed E-state index contributed by atoms with van der Waals surface area (Å²) in [6, 6.07) is 0. The molecule has 0 amide bonds. The van der Waals surface area contributed by atoms with Gasteiger partial charge in [0.2, 0.25) is 0 Å². The van der Waals surface area contributed by atoms with Crippen LogP contribution in [0.2, 0.25) is 0 Å². The molecule has 1 N–H and O–H groups in total. The van der Waals surface area contributed by atoms with Crippen LogP contribution in [0.15, 0.2) is 12.2 Å². The molecule has 0 aliphatic carbocycles. The highest BCUT2D eigenvalue weighted by atomic mass is 16.4. The molecular formula is C11H18O3. The Labute approximate surface area is 84.8 Å². The van der Waals surface area contributed by atoms with Crippen LogP contribution in [-0.4, -0.2) is 17.4 Å². The second-order valence-corrected chi connectivity index (χ2v) is 3.29. The van der Waals surface area contributed by atoms with Crippen LogP contribution < -0.4 is 0 Å². The number of carboxylic acids is 1. The van der Waals surface area contributed by atoms with Crippen LogP contribution >= 0.6 is 0 Å². The second kappa shape index (κ2) is 8.48. The lowest BCUT2D eigenvalue weighted by molar-refractivity contribution is -0.142. The highest BCUT2D eigenvalue weighted by Gasteiger charge is 2.13. The minimum Gasteiger partial charge on any atom is -0.481 e. The van der Waals surface area contributed by atoms with E-state index in [0.29, 0.717) is 6.42 Å². The molecule has 3 heteroatoms. The Morgan fingerprint density at radius 2 is 2.14 bits per heavy atom. The molecule has 1 atom stereocenters. The van der Waals surface area contributed by atoms with Crippen LogP contribution in [0.25, 0.3) is 0 Å². The number of carbonyl (C=O) groups excluding carboxylic acids is 1. The van der Waals surface area contributed by atoms with Gasteiger partial charge in [0.05, 0.1) is 5.92 Å². The number of allylic oxidation sites excluding steroid dienone is 2. The summed E-state index contributed by atoms with van der Waals surface area (Å²) in [6.45, 7) is 1.89. The van der Waals surface area contributed by atoms with Gasteiger partial charge in [0.15, 0.2) is 0 Å². The van der Waals surface area contributed by atoms with Crippen molar-refractivity contribution >= 4 is 12.3 Å². The summed E-state index contributed by atoms with van der Waals surface area (Å²) in [4.78, 5) is 20.6. The van der Waals surface area contributed by atoms with Gasteiger partial charge in [0, 0.05) is 0 Å². The van der Waals surface area contributed by atoms with Gasteiger partial charge in [-0.25, -0.2) is 0 Å². The van der Waals surface area contributed by atoms with Crippen molar-refractivity contribution in [2.75, 3.05) is 0 Å². The van der Waals surface area contributed by atoms with E-state index in [9.17, 15) is 9.59 Å². The van der Waals surface area contributed by atoms with E-state index in [1.807, 2.05) is 13.0 Å². The van der Waals surface area contributed by atoms with E-state index in [1.165, 1.54) is 6.08 Å². The van der Waals surface area contributed by atoms with Gasteiger partial charge in [-0.15, -0.1) is 0 Å². The number of carboxylic acid groups (broad SMARTS) is 1. The SMILES string of the molecule is CCC(CCCC/C=C/C=O)C(=O)O. The third-order valence-corrected chi connectivity index (χ3v) is 2.23. The van der Waals surface area contributed by atoms with Gasteiger partial charge < -0.3 is 5.11 Å². The van der Waals surface area contributed by atoms with Crippen molar-refractivity contribution in [1.29, 1.82) is 0 Å². The van der Waals surface area contributed by atoms with Gasteiger partial charge >= 0.3 is 5.97 Å². The number of rotatable bonds is 8. The molecule has 0 radical (unpaired) electrons. The van der Waals surface area contributed by atoms with E-state index in [-0.39, 0.29) is 5.92 Å². The lowest BCUT2D eigenvalue weighted by atomic mass is 9.99. The van der Waals surface area contributed by atoms with Gasteiger partial charge in [-0.05, 0) is 31.8 Å². The number of aldehydes is 1. The minimum absolute atomic E-state index is 0.204. The van der Waals surface area contributed by atoms with E-state index in [1.54, 1.807) is 0 Å². The second-order valence-electron chi connectivity index (χ2n) is 3.29. The van der Waals surface area contributed by atoms with Gasteiger partial charge in [0.1, 0.15) is 6.29 Å². The molecule has 0 aromatic rings. The summed E-state index contributed by atoms with van der Waals surface area (Å²) in [6.07, 6.45) is 8.20. The molecule has 0 saturated heterocycles. The lowest BCUT2D eigenvalue weighted by Gasteiger charge is -2.07. The van der Waals surface area contributed by atoms with Crippen LogP contribution in [0.3, 0.4) is 0 Å².